The number of carbonyl (C=O) groups excluding carboxylic acids is 4. The van der Waals surface area contributed by atoms with E-state index in [2.05, 4.69) is 125 Å². The second-order valence-electron chi connectivity index (χ2n) is 19.0. The Hall–Kier alpha value is -6.40. The molecule has 9 nitrogen and oxygen atoms in total. The highest BCUT2D eigenvalue weighted by Crippen LogP contribution is 2.50. The molecule has 4 N–H and O–H groups in total. The number of benzene rings is 6. The van der Waals surface area contributed by atoms with Gasteiger partial charge in [-0.1, -0.05) is 216 Å². The van der Waals surface area contributed by atoms with Crippen LogP contribution in [0, 0.1) is 11.8 Å². The van der Waals surface area contributed by atoms with Gasteiger partial charge in [0.15, 0.2) is 0 Å². The smallest absolute Gasteiger partial charge is 0.309 e. The second kappa shape index (κ2) is 25.8. The summed E-state index contributed by atoms with van der Waals surface area (Å²) in [6.45, 7) is 7.64. The summed E-state index contributed by atoms with van der Waals surface area (Å²) in [5.41, 5.74) is 6.38. The van der Waals surface area contributed by atoms with Gasteiger partial charge in [0.2, 0.25) is 17.7 Å². The maximum atomic E-state index is 14.7. The number of nitrogens with one attached hydrogen (secondary N) is 3. The third-order valence-corrected chi connectivity index (χ3v) is 16.2. The van der Waals surface area contributed by atoms with Crippen molar-refractivity contribution >= 4 is 47.2 Å². The van der Waals surface area contributed by atoms with Crippen LogP contribution in [0.2, 0.25) is 0 Å². The SMILES string of the molecule is CC(C)C[C@H]1NC(=O)C[C@@H](/C=C/CCSC(c2ccccc2)(c2ccccc2)c2ccccc2)OC(=O)C[C@H](O)[C@@H](C(C)C)NC(=O)[C@@H](CSC(c2ccccc2)(c2ccccc2)c2ccccc2)NC1=O. The van der Waals surface area contributed by atoms with E-state index < -0.39 is 69.9 Å². The topological polar surface area (TPSA) is 134 Å². The second-order valence-corrected chi connectivity index (χ2v) is 21.6. The molecule has 3 amide bonds. The van der Waals surface area contributed by atoms with Gasteiger partial charge in [0.05, 0.1) is 34.5 Å². The number of thioether (sulfide) groups is 2. The van der Waals surface area contributed by atoms with Crippen LogP contribution in [-0.2, 0) is 33.4 Å². The fourth-order valence-corrected chi connectivity index (χ4v) is 12.5. The monoisotopic (exact) mass is 1000 g/mol. The first kappa shape index (κ1) is 53.4. The van der Waals surface area contributed by atoms with Gasteiger partial charge in [0.1, 0.15) is 18.2 Å². The third kappa shape index (κ3) is 13.4. The molecule has 1 heterocycles. The van der Waals surface area contributed by atoms with Crippen molar-refractivity contribution in [1.82, 2.24) is 16.0 Å². The van der Waals surface area contributed by atoms with Crippen molar-refractivity contribution in [2.45, 2.75) is 93.2 Å². The van der Waals surface area contributed by atoms with Crippen molar-refractivity contribution in [3.8, 4) is 0 Å². The van der Waals surface area contributed by atoms with E-state index in [0.717, 1.165) is 33.4 Å². The van der Waals surface area contributed by atoms with Crippen LogP contribution >= 0.6 is 23.5 Å². The van der Waals surface area contributed by atoms with Gasteiger partial charge in [0, 0.05) is 5.75 Å². The molecule has 6 aromatic rings. The van der Waals surface area contributed by atoms with Crippen LogP contribution in [0.4, 0.5) is 0 Å². The highest BCUT2D eigenvalue weighted by molar-refractivity contribution is 8.00. The van der Waals surface area contributed by atoms with Crippen molar-refractivity contribution in [2.24, 2.45) is 11.8 Å². The van der Waals surface area contributed by atoms with Crippen LogP contribution in [0.5, 0.6) is 0 Å². The van der Waals surface area contributed by atoms with Crippen molar-refractivity contribution in [2.75, 3.05) is 11.5 Å². The highest BCUT2D eigenvalue weighted by Gasteiger charge is 2.41. The molecule has 0 radical (unpaired) electrons. The van der Waals surface area contributed by atoms with Gasteiger partial charge in [0.25, 0.3) is 0 Å². The van der Waals surface area contributed by atoms with E-state index in [1.807, 2.05) is 107 Å². The lowest BCUT2D eigenvalue weighted by Gasteiger charge is -2.37. The molecule has 0 aromatic heterocycles. The number of amides is 3. The average Bonchev–Trinajstić information content (AvgIpc) is 3.39. The quantitative estimate of drug-likeness (QED) is 0.0307. The van der Waals surface area contributed by atoms with Gasteiger partial charge >= 0.3 is 5.97 Å². The summed E-state index contributed by atoms with van der Waals surface area (Å²) < 4.78 is 4.64. The molecule has 0 spiro atoms. The van der Waals surface area contributed by atoms with E-state index in [9.17, 15) is 24.3 Å². The summed E-state index contributed by atoms with van der Waals surface area (Å²) in [7, 11) is 0. The molecule has 0 saturated carbocycles. The number of carbonyl (C=O) groups is 4. The normalized spacial score (nSPS) is 19.7. The zero-order valence-corrected chi connectivity index (χ0v) is 43.2. The fraction of sp³-hybridized carbons (Fsp3) is 0.311. The minimum absolute atomic E-state index is 0.00653. The molecule has 6 aromatic carbocycles. The van der Waals surface area contributed by atoms with Crippen LogP contribution in [0.3, 0.4) is 0 Å². The largest absolute Gasteiger partial charge is 0.457 e. The van der Waals surface area contributed by atoms with E-state index in [1.54, 1.807) is 17.8 Å². The van der Waals surface area contributed by atoms with Gasteiger partial charge in [-0.05, 0) is 69.9 Å². The first-order valence-corrected chi connectivity index (χ1v) is 26.9. The molecule has 72 heavy (non-hydrogen) atoms. The first-order valence-electron chi connectivity index (χ1n) is 25.0. The number of aliphatic hydroxyl groups excluding tert-OH is 1. The van der Waals surface area contributed by atoms with Crippen LogP contribution in [0.25, 0.3) is 0 Å². The van der Waals surface area contributed by atoms with Gasteiger partial charge in [-0.2, -0.15) is 0 Å². The number of ether oxygens (including phenoxy) is 1. The predicted molar refractivity (Wildman–Crippen MR) is 292 cm³/mol. The van der Waals surface area contributed by atoms with Crippen LogP contribution in [0.1, 0.15) is 86.8 Å². The molecule has 11 heteroatoms. The lowest BCUT2D eigenvalue weighted by molar-refractivity contribution is -0.151. The molecule has 7 rings (SSSR count). The Morgan fingerprint density at radius 1 is 0.556 bits per heavy atom. The molecule has 0 unspecified atom stereocenters. The van der Waals surface area contributed by atoms with E-state index >= 15 is 0 Å². The van der Waals surface area contributed by atoms with E-state index in [4.69, 9.17) is 4.74 Å². The standard InChI is InChI=1S/C61H67N3O6S2/c1-43(2)39-52-58(68)63-53(42-72-61(48-31-17-8-18-32-48,49-33-19-9-20-34-49)50-35-21-10-22-36-50)59(69)64-57(44(3)4)54(65)41-56(67)70-51(40-55(66)62-52)37-23-24-38-71-60(45-25-11-5-12-26-45,46-27-13-6-14-28-46)47-29-15-7-16-30-47/h5-23,25-37,43-44,51-54,57,65H,24,38-42H2,1-4H3,(H,62,66)(H,63,68)(H,64,69)/b37-23+/t51-,52-,53-,54+,57-/m1/s1. The molecule has 1 saturated heterocycles. The van der Waals surface area contributed by atoms with Gasteiger partial charge in [-0.3, -0.25) is 19.2 Å². The summed E-state index contributed by atoms with van der Waals surface area (Å²) in [6.07, 6.45) is 1.50. The number of hydrogen-bond donors (Lipinski definition) is 4. The number of esters is 1. The minimum atomic E-state index is -1.33. The summed E-state index contributed by atoms with van der Waals surface area (Å²) >= 11 is 3.32. The zero-order valence-electron chi connectivity index (χ0n) is 41.6. The van der Waals surface area contributed by atoms with E-state index in [1.165, 1.54) is 11.8 Å². The lowest BCUT2D eigenvalue weighted by atomic mass is 9.84. The van der Waals surface area contributed by atoms with Gasteiger partial charge in [-0.25, -0.2) is 0 Å². The Morgan fingerprint density at radius 3 is 1.36 bits per heavy atom. The minimum Gasteiger partial charge on any atom is -0.457 e. The Balaban J connectivity index is 1.16. The van der Waals surface area contributed by atoms with Crippen molar-refractivity contribution in [3.05, 3.63) is 228 Å². The molecule has 1 aliphatic heterocycles. The number of hydrogen-bond acceptors (Lipinski definition) is 8. The lowest BCUT2D eigenvalue weighted by Crippen LogP contribution is -2.58. The molecule has 5 atom stereocenters. The van der Waals surface area contributed by atoms with Crippen LogP contribution in [0.15, 0.2) is 194 Å². The number of rotatable bonds is 17. The van der Waals surface area contributed by atoms with Crippen molar-refractivity contribution in [3.63, 3.8) is 0 Å². The summed E-state index contributed by atoms with van der Waals surface area (Å²) in [5, 5.41) is 20.7. The zero-order chi connectivity index (χ0) is 50.9. The van der Waals surface area contributed by atoms with Gasteiger partial charge < -0.3 is 25.8 Å². The summed E-state index contributed by atoms with van der Waals surface area (Å²) in [4.78, 5) is 57.2. The Kier molecular flexibility index (Phi) is 19.1. The van der Waals surface area contributed by atoms with E-state index in [-0.39, 0.29) is 30.4 Å². The van der Waals surface area contributed by atoms with Crippen molar-refractivity contribution < 1.29 is 29.0 Å². The molecule has 1 aliphatic rings. The maximum absolute atomic E-state index is 14.7. The highest BCUT2D eigenvalue weighted by atomic mass is 32.2. The van der Waals surface area contributed by atoms with Crippen LogP contribution < -0.4 is 16.0 Å². The third-order valence-electron chi connectivity index (χ3n) is 13.0. The molecule has 0 bridgehead atoms. The number of aliphatic hydroxyl groups is 1. The van der Waals surface area contributed by atoms with Crippen LogP contribution in [-0.4, -0.2) is 70.6 Å². The molecular weight excluding hydrogens is 935 g/mol. The molecule has 374 valence electrons. The Bertz CT molecular complexity index is 2480. The fourth-order valence-electron chi connectivity index (χ4n) is 9.50. The van der Waals surface area contributed by atoms with Gasteiger partial charge in [-0.15, -0.1) is 23.5 Å². The van der Waals surface area contributed by atoms with E-state index in [0.29, 0.717) is 12.2 Å². The average molecular weight is 1000 g/mol. The first-order chi connectivity index (χ1) is 34.9. The Labute approximate surface area is 434 Å². The molecule has 0 aliphatic carbocycles. The molecule has 1 fully saturated rings. The summed E-state index contributed by atoms with van der Waals surface area (Å²) in [6, 6.07) is 58.5. The number of allylic oxidation sites excluding steroid dienone is 1. The molecular formula is C61H67N3O6S2. The maximum Gasteiger partial charge on any atom is 0.309 e. The van der Waals surface area contributed by atoms with Crippen molar-refractivity contribution in [1.29, 1.82) is 0 Å². The summed E-state index contributed by atoms with van der Waals surface area (Å²) in [5.74, 6) is -1.79. The number of cyclic esters (lactones) is 1. The Morgan fingerprint density at radius 2 is 0.958 bits per heavy atom. The predicted octanol–water partition coefficient (Wildman–Crippen LogP) is 10.6.